The molecule has 6 heteroatoms. The lowest BCUT2D eigenvalue weighted by Crippen LogP contribution is -2.17. The van der Waals surface area contributed by atoms with Crippen LogP contribution in [-0.2, 0) is 0 Å². The summed E-state index contributed by atoms with van der Waals surface area (Å²) in [6.45, 7) is 0.422. The zero-order valence-corrected chi connectivity index (χ0v) is 11.6. The Bertz CT molecular complexity index is 842. The third kappa shape index (κ3) is 2.14. The second-order valence-electron chi connectivity index (χ2n) is 4.95. The van der Waals surface area contributed by atoms with Crippen LogP contribution in [0.1, 0.15) is 16.9 Å². The third-order valence-electron chi connectivity index (χ3n) is 3.50. The first kappa shape index (κ1) is 12.7. The highest BCUT2D eigenvalue weighted by molar-refractivity contribution is 5.98. The molecule has 1 aliphatic rings. The predicted molar refractivity (Wildman–Crippen MR) is 79.0 cm³/mol. The van der Waals surface area contributed by atoms with Crippen molar-refractivity contribution in [3.05, 3.63) is 54.7 Å². The molecule has 3 aromatic heterocycles. The highest BCUT2D eigenvalue weighted by Gasteiger charge is 2.21. The number of Topliss-reactive ketones (excluding diaryl/α,β-unsaturated/α-hetero) is 1. The first-order valence-electron chi connectivity index (χ1n) is 6.94. The number of ether oxygens (including phenoxy) is 1. The van der Waals surface area contributed by atoms with E-state index in [1.165, 1.54) is 0 Å². The molecule has 3 aromatic rings. The molecule has 0 saturated carbocycles. The third-order valence-corrected chi connectivity index (χ3v) is 3.50. The van der Waals surface area contributed by atoms with E-state index in [1.807, 2.05) is 24.4 Å². The van der Waals surface area contributed by atoms with Gasteiger partial charge in [0.25, 0.3) is 0 Å². The fraction of sp³-hybridized carbons (Fsp3) is 0.125. The van der Waals surface area contributed by atoms with Gasteiger partial charge in [0.1, 0.15) is 11.4 Å². The second kappa shape index (κ2) is 5.07. The molecular formula is C16H12N4O2. The molecule has 0 saturated heterocycles. The molecule has 1 aliphatic heterocycles. The number of fused-ring (bicyclic) bond motifs is 1. The minimum atomic E-state index is 0.0164. The van der Waals surface area contributed by atoms with Crippen LogP contribution in [0, 0.1) is 0 Å². The average molecular weight is 292 g/mol. The predicted octanol–water partition coefficient (Wildman–Crippen LogP) is 2.29. The molecule has 4 heterocycles. The number of pyridine rings is 2. The van der Waals surface area contributed by atoms with Gasteiger partial charge in [-0.25, -0.2) is 9.67 Å². The zero-order chi connectivity index (χ0) is 14.9. The van der Waals surface area contributed by atoms with E-state index in [-0.39, 0.29) is 5.78 Å². The van der Waals surface area contributed by atoms with E-state index in [0.717, 1.165) is 11.3 Å². The number of carbonyl (C=O) groups is 1. The van der Waals surface area contributed by atoms with Crippen LogP contribution in [0.4, 0.5) is 0 Å². The summed E-state index contributed by atoms with van der Waals surface area (Å²) >= 11 is 0. The summed E-state index contributed by atoms with van der Waals surface area (Å²) < 4.78 is 7.17. The molecule has 0 atom stereocenters. The van der Waals surface area contributed by atoms with Gasteiger partial charge in [-0.15, -0.1) is 0 Å². The molecule has 0 radical (unpaired) electrons. The molecule has 0 spiro atoms. The van der Waals surface area contributed by atoms with Crippen molar-refractivity contribution in [2.75, 3.05) is 6.61 Å². The van der Waals surface area contributed by atoms with Gasteiger partial charge in [-0.05, 0) is 24.3 Å². The van der Waals surface area contributed by atoms with Crippen LogP contribution >= 0.6 is 0 Å². The van der Waals surface area contributed by atoms with Crippen LogP contribution in [0.5, 0.6) is 5.75 Å². The van der Waals surface area contributed by atoms with Gasteiger partial charge >= 0.3 is 0 Å². The maximum atomic E-state index is 11.9. The highest BCUT2D eigenvalue weighted by Crippen LogP contribution is 2.27. The van der Waals surface area contributed by atoms with E-state index in [4.69, 9.17) is 4.74 Å². The molecule has 0 N–H and O–H groups in total. The summed E-state index contributed by atoms with van der Waals surface area (Å²) in [6.07, 6.45) is 7.40. The van der Waals surface area contributed by atoms with Gasteiger partial charge in [0.05, 0.1) is 30.4 Å². The standard InChI is InChI=1S/C16H12N4O2/c21-14-5-7-22-15-4-3-13(19-16(14)15)11-8-18-20(10-11)12-2-1-6-17-9-12/h1-4,6,8-10H,5,7H2. The molecule has 6 nitrogen and oxygen atoms in total. The summed E-state index contributed by atoms with van der Waals surface area (Å²) in [7, 11) is 0. The number of rotatable bonds is 2. The van der Waals surface area contributed by atoms with Gasteiger partial charge in [-0.2, -0.15) is 5.10 Å². The van der Waals surface area contributed by atoms with Crippen molar-refractivity contribution in [3.8, 4) is 22.7 Å². The van der Waals surface area contributed by atoms with E-state index in [2.05, 4.69) is 15.1 Å². The molecular weight excluding hydrogens is 280 g/mol. The van der Waals surface area contributed by atoms with Crippen LogP contribution in [0.2, 0.25) is 0 Å². The number of hydrogen-bond donors (Lipinski definition) is 0. The minimum Gasteiger partial charge on any atom is -0.491 e. The SMILES string of the molecule is O=C1CCOc2ccc(-c3cnn(-c4cccnc4)c3)nc21. The van der Waals surface area contributed by atoms with E-state index in [0.29, 0.717) is 30.2 Å². The lowest BCUT2D eigenvalue weighted by Gasteiger charge is -2.15. The van der Waals surface area contributed by atoms with Crippen molar-refractivity contribution >= 4 is 5.78 Å². The van der Waals surface area contributed by atoms with Crippen LogP contribution < -0.4 is 4.74 Å². The molecule has 0 bridgehead atoms. The van der Waals surface area contributed by atoms with E-state index < -0.39 is 0 Å². The second-order valence-corrected chi connectivity index (χ2v) is 4.95. The Morgan fingerprint density at radius 3 is 3.00 bits per heavy atom. The Hall–Kier alpha value is -3.02. The highest BCUT2D eigenvalue weighted by atomic mass is 16.5. The number of aromatic nitrogens is 4. The van der Waals surface area contributed by atoms with Crippen molar-refractivity contribution in [2.24, 2.45) is 0 Å². The van der Waals surface area contributed by atoms with Crippen molar-refractivity contribution in [3.63, 3.8) is 0 Å². The largest absolute Gasteiger partial charge is 0.491 e. The Kier molecular flexibility index (Phi) is 2.93. The zero-order valence-electron chi connectivity index (χ0n) is 11.6. The molecule has 108 valence electrons. The summed E-state index contributed by atoms with van der Waals surface area (Å²) in [5.74, 6) is 0.572. The molecule has 0 aliphatic carbocycles. The van der Waals surface area contributed by atoms with Gasteiger partial charge in [0.2, 0.25) is 0 Å². The Morgan fingerprint density at radius 2 is 2.14 bits per heavy atom. The minimum absolute atomic E-state index is 0.0164. The molecule has 0 amide bonds. The van der Waals surface area contributed by atoms with E-state index in [1.54, 1.807) is 29.3 Å². The maximum absolute atomic E-state index is 11.9. The number of hydrogen-bond acceptors (Lipinski definition) is 5. The van der Waals surface area contributed by atoms with Crippen molar-refractivity contribution in [2.45, 2.75) is 6.42 Å². The van der Waals surface area contributed by atoms with Crippen LogP contribution in [0.15, 0.2) is 49.1 Å². The maximum Gasteiger partial charge on any atom is 0.188 e. The fourth-order valence-electron chi connectivity index (χ4n) is 2.38. The molecule has 0 fully saturated rings. The van der Waals surface area contributed by atoms with Gasteiger partial charge < -0.3 is 4.74 Å². The lowest BCUT2D eigenvalue weighted by molar-refractivity contribution is 0.0927. The van der Waals surface area contributed by atoms with Crippen molar-refractivity contribution in [1.29, 1.82) is 0 Å². The molecule has 22 heavy (non-hydrogen) atoms. The van der Waals surface area contributed by atoms with Crippen LogP contribution in [0.3, 0.4) is 0 Å². The smallest absolute Gasteiger partial charge is 0.188 e. The molecule has 0 unspecified atom stereocenters. The van der Waals surface area contributed by atoms with Crippen LogP contribution in [0.25, 0.3) is 16.9 Å². The fourth-order valence-corrected chi connectivity index (χ4v) is 2.38. The molecule has 4 rings (SSSR count). The molecule has 0 aromatic carbocycles. The topological polar surface area (TPSA) is 69.9 Å². The number of carbonyl (C=O) groups excluding carboxylic acids is 1. The van der Waals surface area contributed by atoms with E-state index in [9.17, 15) is 4.79 Å². The lowest BCUT2D eigenvalue weighted by atomic mass is 10.1. The Morgan fingerprint density at radius 1 is 1.18 bits per heavy atom. The number of ketones is 1. The van der Waals surface area contributed by atoms with E-state index >= 15 is 0 Å². The first-order valence-corrected chi connectivity index (χ1v) is 6.94. The van der Waals surface area contributed by atoms with Crippen LogP contribution in [-0.4, -0.2) is 32.1 Å². The summed E-state index contributed by atoms with van der Waals surface area (Å²) in [5, 5.41) is 4.31. The Balaban J connectivity index is 1.73. The number of nitrogens with zero attached hydrogens (tertiary/aromatic N) is 4. The van der Waals surface area contributed by atoms with Crippen molar-refractivity contribution in [1.82, 2.24) is 19.7 Å². The van der Waals surface area contributed by atoms with Gasteiger partial charge in [-0.1, -0.05) is 0 Å². The van der Waals surface area contributed by atoms with Gasteiger partial charge in [0, 0.05) is 24.4 Å². The normalized spacial score (nSPS) is 13.5. The van der Waals surface area contributed by atoms with Crippen molar-refractivity contribution < 1.29 is 9.53 Å². The quantitative estimate of drug-likeness (QED) is 0.725. The Labute approximate surface area is 126 Å². The van der Waals surface area contributed by atoms with Gasteiger partial charge in [-0.3, -0.25) is 9.78 Å². The summed E-state index contributed by atoms with van der Waals surface area (Å²) in [4.78, 5) is 20.4. The monoisotopic (exact) mass is 292 g/mol. The average Bonchev–Trinajstić information content (AvgIpc) is 3.06. The van der Waals surface area contributed by atoms with Gasteiger partial charge in [0.15, 0.2) is 5.78 Å². The summed E-state index contributed by atoms with van der Waals surface area (Å²) in [5.41, 5.74) is 2.81. The first-order chi connectivity index (χ1) is 10.8. The summed E-state index contributed by atoms with van der Waals surface area (Å²) in [6, 6.07) is 7.39.